The van der Waals surface area contributed by atoms with Crippen LogP contribution in [0.15, 0.2) is 77.7 Å². The fourth-order valence-corrected chi connectivity index (χ4v) is 3.24. The summed E-state index contributed by atoms with van der Waals surface area (Å²) in [6.45, 7) is 2.38. The highest BCUT2D eigenvalue weighted by Gasteiger charge is 2.10. The molecule has 0 radical (unpaired) electrons. The number of pyridine rings is 1. The van der Waals surface area contributed by atoms with Crippen molar-refractivity contribution in [3.05, 3.63) is 100.0 Å². The van der Waals surface area contributed by atoms with E-state index in [0.717, 1.165) is 16.7 Å². The average molecular weight is 393 g/mol. The van der Waals surface area contributed by atoms with E-state index in [0.29, 0.717) is 29.1 Å². The topological polar surface area (TPSA) is 97.6 Å². The molecule has 2 N–H and O–H groups in total. The first-order chi connectivity index (χ1) is 14.5. The zero-order chi connectivity index (χ0) is 21.1. The normalized spacial score (nSPS) is 10.5. The van der Waals surface area contributed by atoms with Gasteiger partial charge in [-0.05, 0) is 36.2 Å². The van der Waals surface area contributed by atoms with Crippen molar-refractivity contribution in [1.82, 2.24) is 14.5 Å². The highest BCUT2D eigenvalue weighted by molar-refractivity contribution is 5.70. The zero-order valence-corrected chi connectivity index (χ0v) is 16.4. The molecule has 6 heteroatoms. The number of aromatic nitrogens is 3. The third kappa shape index (κ3) is 3.96. The van der Waals surface area contributed by atoms with Crippen LogP contribution in [0, 0.1) is 18.3 Å². The summed E-state index contributed by atoms with van der Waals surface area (Å²) in [5.41, 5.74) is 10.9. The van der Waals surface area contributed by atoms with Gasteiger partial charge < -0.3 is 10.3 Å². The molecule has 0 spiro atoms. The van der Waals surface area contributed by atoms with Gasteiger partial charge in [0.2, 0.25) is 5.95 Å². The highest BCUT2D eigenvalue weighted by Crippen LogP contribution is 2.25. The van der Waals surface area contributed by atoms with E-state index in [9.17, 15) is 10.1 Å². The molecule has 0 saturated carbocycles. The maximum atomic E-state index is 12.6. The Hall–Kier alpha value is -4.24. The molecule has 0 aliphatic heterocycles. The number of rotatable bonds is 4. The standard InChI is InChI=1S/C24H19N5O/c1-16-7-8-18(11-20(16)14-25)21-13-22(28-24(26)27-21)19-9-10-29(23(30)12-19)15-17-5-3-2-4-6-17/h2-13H,15H2,1H3,(H2,26,27,28). The Morgan fingerprint density at radius 2 is 1.67 bits per heavy atom. The minimum Gasteiger partial charge on any atom is -0.368 e. The molecule has 0 atom stereocenters. The number of aryl methyl sites for hydroxylation is 1. The van der Waals surface area contributed by atoms with Crippen LogP contribution < -0.4 is 11.3 Å². The Morgan fingerprint density at radius 3 is 2.33 bits per heavy atom. The van der Waals surface area contributed by atoms with Gasteiger partial charge in [-0.15, -0.1) is 0 Å². The van der Waals surface area contributed by atoms with Crippen LogP contribution in [0.2, 0.25) is 0 Å². The van der Waals surface area contributed by atoms with E-state index in [-0.39, 0.29) is 11.5 Å². The number of benzene rings is 2. The quantitative estimate of drug-likeness (QED) is 0.569. The molecule has 0 aliphatic carbocycles. The van der Waals surface area contributed by atoms with E-state index in [1.54, 1.807) is 29.0 Å². The molecule has 4 rings (SSSR count). The number of nitrogen functional groups attached to an aromatic ring is 1. The van der Waals surface area contributed by atoms with Gasteiger partial charge in [-0.3, -0.25) is 4.79 Å². The Kier molecular flexibility index (Phi) is 5.10. The van der Waals surface area contributed by atoms with Gasteiger partial charge in [0.1, 0.15) is 0 Å². The molecule has 0 amide bonds. The monoisotopic (exact) mass is 393 g/mol. The van der Waals surface area contributed by atoms with Crippen LogP contribution in [0.25, 0.3) is 22.5 Å². The largest absolute Gasteiger partial charge is 0.368 e. The molecule has 146 valence electrons. The number of nitrogens with zero attached hydrogens (tertiary/aromatic N) is 4. The lowest BCUT2D eigenvalue weighted by Crippen LogP contribution is -2.19. The summed E-state index contributed by atoms with van der Waals surface area (Å²) in [7, 11) is 0. The van der Waals surface area contributed by atoms with Gasteiger partial charge in [-0.25, -0.2) is 9.97 Å². The van der Waals surface area contributed by atoms with Crippen LogP contribution in [-0.2, 0) is 6.54 Å². The van der Waals surface area contributed by atoms with Crippen LogP contribution in [-0.4, -0.2) is 14.5 Å². The number of nitrogens with two attached hydrogens (primary N) is 1. The Bertz CT molecular complexity index is 1320. The molecule has 4 aromatic rings. The van der Waals surface area contributed by atoms with Gasteiger partial charge in [0.05, 0.1) is 29.6 Å². The van der Waals surface area contributed by atoms with Crippen LogP contribution in [0.1, 0.15) is 16.7 Å². The first-order valence-electron chi connectivity index (χ1n) is 9.44. The Morgan fingerprint density at radius 1 is 0.967 bits per heavy atom. The zero-order valence-electron chi connectivity index (χ0n) is 16.4. The van der Waals surface area contributed by atoms with Crippen LogP contribution in [0.3, 0.4) is 0 Å². The summed E-state index contributed by atoms with van der Waals surface area (Å²) in [5, 5.41) is 9.29. The molecule has 0 bridgehead atoms. The maximum absolute atomic E-state index is 12.6. The fraction of sp³-hybridized carbons (Fsp3) is 0.0833. The second-order valence-corrected chi connectivity index (χ2v) is 7.01. The van der Waals surface area contributed by atoms with Gasteiger partial charge in [-0.2, -0.15) is 5.26 Å². The molecule has 2 aromatic carbocycles. The molecule has 0 unspecified atom stereocenters. The number of anilines is 1. The summed E-state index contributed by atoms with van der Waals surface area (Å²) in [6, 6.07) is 22.7. The van der Waals surface area contributed by atoms with Crippen molar-refractivity contribution in [1.29, 1.82) is 5.26 Å². The lowest BCUT2D eigenvalue weighted by atomic mass is 10.0. The first kappa shape index (κ1) is 19.1. The molecule has 6 nitrogen and oxygen atoms in total. The lowest BCUT2D eigenvalue weighted by molar-refractivity contribution is 0.760. The second-order valence-electron chi connectivity index (χ2n) is 7.01. The summed E-state index contributed by atoms with van der Waals surface area (Å²) in [5.74, 6) is 0.107. The van der Waals surface area contributed by atoms with Crippen LogP contribution in [0.5, 0.6) is 0 Å². The van der Waals surface area contributed by atoms with E-state index >= 15 is 0 Å². The molecule has 30 heavy (non-hydrogen) atoms. The molecular formula is C24H19N5O. The average Bonchev–Trinajstić information content (AvgIpc) is 2.76. The van der Waals surface area contributed by atoms with E-state index in [4.69, 9.17) is 5.73 Å². The maximum Gasteiger partial charge on any atom is 0.251 e. The summed E-state index contributed by atoms with van der Waals surface area (Å²) >= 11 is 0. The van der Waals surface area contributed by atoms with Gasteiger partial charge >= 0.3 is 0 Å². The van der Waals surface area contributed by atoms with Crippen molar-refractivity contribution in [3.8, 4) is 28.6 Å². The van der Waals surface area contributed by atoms with Crippen molar-refractivity contribution in [2.45, 2.75) is 13.5 Å². The van der Waals surface area contributed by atoms with Gasteiger partial charge in [0.25, 0.3) is 5.56 Å². The Labute approximate surface area is 173 Å². The molecular weight excluding hydrogens is 374 g/mol. The van der Waals surface area contributed by atoms with Crippen molar-refractivity contribution in [2.75, 3.05) is 5.73 Å². The fourth-order valence-electron chi connectivity index (χ4n) is 3.24. The van der Waals surface area contributed by atoms with E-state index in [2.05, 4.69) is 16.0 Å². The predicted molar refractivity (Wildman–Crippen MR) is 117 cm³/mol. The minimum atomic E-state index is -0.128. The third-order valence-corrected chi connectivity index (χ3v) is 4.88. The first-order valence-corrected chi connectivity index (χ1v) is 9.44. The van der Waals surface area contributed by atoms with Crippen molar-refractivity contribution >= 4 is 5.95 Å². The predicted octanol–water partition coefficient (Wildman–Crippen LogP) is 3.78. The van der Waals surface area contributed by atoms with E-state index < -0.39 is 0 Å². The third-order valence-electron chi connectivity index (χ3n) is 4.88. The van der Waals surface area contributed by atoms with Crippen molar-refractivity contribution < 1.29 is 0 Å². The summed E-state index contributed by atoms with van der Waals surface area (Å²) in [4.78, 5) is 21.2. The molecule has 0 saturated heterocycles. The highest BCUT2D eigenvalue weighted by atomic mass is 16.1. The van der Waals surface area contributed by atoms with Crippen LogP contribution in [0.4, 0.5) is 5.95 Å². The summed E-state index contributed by atoms with van der Waals surface area (Å²) < 4.78 is 1.64. The van der Waals surface area contributed by atoms with E-state index in [1.807, 2.05) is 55.5 Å². The smallest absolute Gasteiger partial charge is 0.251 e. The summed E-state index contributed by atoms with van der Waals surface area (Å²) in [6.07, 6.45) is 1.75. The van der Waals surface area contributed by atoms with Gasteiger partial charge in [0.15, 0.2) is 0 Å². The number of hydrogen-bond donors (Lipinski definition) is 1. The van der Waals surface area contributed by atoms with Gasteiger partial charge in [-0.1, -0.05) is 42.5 Å². The SMILES string of the molecule is Cc1ccc(-c2cc(-c3ccn(Cc4ccccc4)c(=O)c3)nc(N)n2)cc1C#N. The Balaban J connectivity index is 1.70. The number of hydrogen-bond acceptors (Lipinski definition) is 5. The molecule has 2 heterocycles. The molecule has 0 fully saturated rings. The second kappa shape index (κ2) is 8.02. The van der Waals surface area contributed by atoms with E-state index in [1.165, 1.54) is 0 Å². The molecule has 2 aromatic heterocycles. The van der Waals surface area contributed by atoms with Crippen LogP contribution >= 0.6 is 0 Å². The van der Waals surface area contributed by atoms with Crippen molar-refractivity contribution in [2.24, 2.45) is 0 Å². The number of nitriles is 1. The van der Waals surface area contributed by atoms with Crippen molar-refractivity contribution in [3.63, 3.8) is 0 Å². The minimum absolute atomic E-state index is 0.107. The molecule has 0 aliphatic rings. The van der Waals surface area contributed by atoms with Gasteiger partial charge in [0, 0.05) is 23.4 Å². The lowest BCUT2D eigenvalue weighted by Gasteiger charge is -2.09.